The highest BCUT2D eigenvalue weighted by Gasteiger charge is 2.35. The van der Waals surface area contributed by atoms with Crippen LogP contribution in [-0.4, -0.2) is 48.4 Å². The second-order valence-corrected chi connectivity index (χ2v) is 7.28. The molecular formula is C18H27Cl3FN3O. The average Bonchev–Trinajstić information content (AvgIpc) is 3.06. The zero-order valence-electron chi connectivity index (χ0n) is 14.7. The molecule has 2 aliphatic rings. The maximum Gasteiger partial charge on any atom is 0.226 e. The van der Waals surface area contributed by atoms with Gasteiger partial charge >= 0.3 is 0 Å². The molecule has 1 aromatic rings. The largest absolute Gasteiger partial charge is 0.340 e. The van der Waals surface area contributed by atoms with Crippen molar-refractivity contribution in [3.63, 3.8) is 0 Å². The van der Waals surface area contributed by atoms with Crippen molar-refractivity contribution in [3.05, 3.63) is 34.6 Å². The number of amides is 1. The minimum absolute atomic E-state index is 0. The molecule has 4 nitrogen and oxygen atoms in total. The number of hydrogen-bond acceptors (Lipinski definition) is 3. The Morgan fingerprint density at radius 3 is 2.50 bits per heavy atom. The van der Waals surface area contributed by atoms with Gasteiger partial charge in [0.2, 0.25) is 5.91 Å². The summed E-state index contributed by atoms with van der Waals surface area (Å²) in [6, 6.07) is 4.53. The molecule has 1 saturated heterocycles. The molecule has 2 atom stereocenters. The molecule has 8 heteroatoms. The van der Waals surface area contributed by atoms with Gasteiger partial charge in [0, 0.05) is 43.7 Å². The Bertz CT molecular complexity index is 597. The summed E-state index contributed by atoms with van der Waals surface area (Å²) in [6.07, 6.45) is 3.17. The Kier molecular flexibility index (Phi) is 9.62. The zero-order chi connectivity index (χ0) is 17.1. The molecular weight excluding hydrogens is 400 g/mol. The summed E-state index contributed by atoms with van der Waals surface area (Å²) in [7, 11) is 0. The first-order valence-electron chi connectivity index (χ1n) is 8.73. The summed E-state index contributed by atoms with van der Waals surface area (Å²) in [6.45, 7) is 4.42. The fourth-order valence-electron chi connectivity index (χ4n) is 3.90. The molecule has 0 unspecified atom stereocenters. The predicted molar refractivity (Wildman–Crippen MR) is 108 cm³/mol. The van der Waals surface area contributed by atoms with Crippen molar-refractivity contribution in [2.45, 2.75) is 25.8 Å². The SMILES string of the molecule is Cl.Cl.NC[C@H]1CCC[C@H]1C(=O)N1CCN(Cc2ccc(F)cc2Cl)CC1. The van der Waals surface area contributed by atoms with Gasteiger partial charge in [0.1, 0.15) is 5.82 Å². The van der Waals surface area contributed by atoms with Crippen molar-refractivity contribution in [1.29, 1.82) is 0 Å². The third kappa shape index (κ3) is 5.46. The van der Waals surface area contributed by atoms with E-state index in [1.165, 1.54) is 12.1 Å². The summed E-state index contributed by atoms with van der Waals surface area (Å²) < 4.78 is 13.1. The number of carbonyl (C=O) groups is 1. The maximum absolute atomic E-state index is 13.1. The van der Waals surface area contributed by atoms with Crippen LogP contribution in [0.2, 0.25) is 5.02 Å². The number of hydrogen-bond donors (Lipinski definition) is 1. The molecule has 0 radical (unpaired) electrons. The van der Waals surface area contributed by atoms with Gasteiger partial charge in [-0.1, -0.05) is 24.1 Å². The van der Waals surface area contributed by atoms with E-state index >= 15 is 0 Å². The van der Waals surface area contributed by atoms with Crippen molar-refractivity contribution in [3.8, 4) is 0 Å². The highest BCUT2D eigenvalue weighted by molar-refractivity contribution is 6.31. The number of benzene rings is 1. The average molecular weight is 427 g/mol. The minimum Gasteiger partial charge on any atom is -0.340 e. The molecule has 1 aliphatic heterocycles. The van der Waals surface area contributed by atoms with E-state index < -0.39 is 0 Å². The third-order valence-corrected chi connectivity index (χ3v) is 5.72. The highest BCUT2D eigenvalue weighted by atomic mass is 35.5. The lowest BCUT2D eigenvalue weighted by Crippen LogP contribution is -2.50. The smallest absolute Gasteiger partial charge is 0.226 e. The number of carbonyl (C=O) groups excluding carboxylic acids is 1. The van der Waals surface area contributed by atoms with Gasteiger partial charge in [0.05, 0.1) is 0 Å². The van der Waals surface area contributed by atoms with Crippen molar-refractivity contribution in [2.75, 3.05) is 32.7 Å². The minimum atomic E-state index is -0.315. The third-order valence-electron chi connectivity index (χ3n) is 5.37. The van der Waals surface area contributed by atoms with Gasteiger partial charge in [-0.3, -0.25) is 9.69 Å². The van der Waals surface area contributed by atoms with E-state index in [9.17, 15) is 9.18 Å². The zero-order valence-corrected chi connectivity index (χ0v) is 17.1. The van der Waals surface area contributed by atoms with Crippen LogP contribution in [-0.2, 0) is 11.3 Å². The summed E-state index contributed by atoms with van der Waals surface area (Å²) >= 11 is 6.10. The Balaban J connectivity index is 0.00000169. The molecule has 26 heavy (non-hydrogen) atoms. The molecule has 3 rings (SSSR count). The molecule has 0 bridgehead atoms. The van der Waals surface area contributed by atoms with Crippen LogP contribution in [0.25, 0.3) is 0 Å². The quantitative estimate of drug-likeness (QED) is 0.803. The van der Waals surface area contributed by atoms with Gasteiger partial charge in [-0.25, -0.2) is 4.39 Å². The van der Waals surface area contributed by atoms with Crippen LogP contribution in [0, 0.1) is 17.7 Å². The van der Waals surface area contributed by atoms with E-state index in [4.69, 9.17) is 17.3 Å². The van der Waals surface area contributed by atoms with Gasteiger partial charge in [-0.05, 0) is 43.0 Å². The van der Waals surface area contributed by atoms with Crippen molar-refractivity contribution >= 4 is 42.3 Å². The van der Waals surface area contributed by atoms with Gasteiger partial charge in [-0.15, -0.1) is 24.8 Å². The first-order chi connectivity index (χ1) is 11.6. The molecule has 2 N–H and O–H groups in total. The Morgan fingerprint density at radius 2 is 1.88 bits per heavy atom. The first kappa shape index (κ1) is 23.4. The molecule has 148 valence electrons. The standard InChI is InChI=1S/C18H25ClFN3O.2ClH/c19-17-10-15(20)5-4-14(17)12-22-6-8-23(9-7-22)18(24)16-3-1-2-13(16)11-21;;/h4-5,10,13,16H,1-3,6-9,11-12,21H2;2*1H/t13-,16-;;/m1../s1. The summed E-state index contributed by atoms with van der Waals surface area (Å²) in [5, 5.41) is 0.463. The predicted octanol–water partition coefficient (Wildman–Crippen LogP) is 3.34. The number of piperazine rings is 1. The van der Waals surface area contributed by atoms with Crippen molar-refractivity contribution in [2.24, 2.45) is 17.6 Å². The Hall–Kier alpha value is -0.590. The lowest BCUT2D eigenvalue weighted by molar-refractivity contribution is -0.138. The van der Waals surface area contributed by atoms with E-state index in [0.717, 1.165) is 51.0 Å². The van der Waals surface area contributed by atoms with Crippen molar-refractivity contribution < 1.29 is 9.18 Å². The monoisotopic (exact) mass is 425 g/mol. The maximum atomic E-state index is 13.1. The molecule has 1 saturated carbocycles. The van der Waals surface area contributed by atoms with Crippen molar-refractivity contribution in [1.82, 2.24) is 9.80 Å². The van der Waals surface area contributed by atoms with Crippen LogP contribution in [0.5, 0.6) is 0 Å². The van der Waals surface area contributed by atoms with Crippen LogP contribution in [0.3, 0.4) is 0 Å². The fraction of sp³-hybridized carbons (Fsp3) is 0.611. The van der Waals surface area contributed by atoms with E-state index in [1.54, 1.807) is 6.07 Å². The fourth-order valence-corrected chi connectivity index (χ4v) is 4.12. The van der Waals surface area contributed by atoms with Gasteiger partial charge < -0.3 is 10.6 Å². The van der Waals surface area contributed by atoms with E-state index in [1.807, 2.05) is 4.90 Å². The topological polar surface area (TPSA) is 49.6 Å². The lowest BCUT2D eigenvalue weighted by Gasteiger charge is -2.36. The number of nitrogens with zero attached hydrogens (tertiary/aromatic N) is 2. The van der Waals surface area contributed by atoms with E-state index in [-0.39, 0.29) is 42.5 Å². The second-order valence-electron chi connectivity index (χ2n) is 6.87. The van der Waals surface area contributed by atoms with Crippen LogP contribution in [0.15, 0.2) is 18.2 Å². The van der Waals surface area contributed by atoms with Crippen LogP contribution in [0.1, 0.15) is 24.8 Å². The number of rotatable bonds is 4. The van der Waals surface area contributed by atoms with E-state index in [0.29, 0.717) is 24.0 Å². The number of halogens is 4. The van der Waals surface area contributed by atoms with Crippen LogP contribution >= 0.6 is 36.4 Å². The van der Waals surface area contributed by atoms with Crippen LogP contribution < -0.4 is 5.73 Å². The summed E-state index contributed by atoms with van der Waals surface area (Å²) in [5.74, 6) is 0.439. The summed E-state index contributed by atoms with van der Waals surface area (Å²) in [4.78, 5) is 17.0. The molecule has 0 spiro atoms. The normalized spacial score (nSPS) is 23.3. The summed E-state index contributed by atoms with van der Waals surface area (Å²) in [5.41, 5.74) is 6.73. The first-order valence-corrected chi connectivity index (χ1v) is 9.11. The van der Waals surface area contributed by atoms with Gasteiger partial charge in [-0.2, -0.15) is 0 Å². The van der Waals surface area contributed by atoms with E-state index in [2.05, 4.69) is 4.90 Å². The molecule has 1 heterocycles. The van der Waals surface area contributed by atoms with Gasteiger partial charge in [0.15, 0.2) is 0 Å². The molecule has 0 aromatic heterocycles. The molecule has 2 fully saturated rings. The van der Waals surface area contributed by atoms with Gasteiger partial charge in [0.25, 0.3) is 0 Å². The molecule has 1 aliphatic carbocycles. The molecule has 1 amide bonds. The highest BCUT2D eigenvalue weighted by Crippen LogP contribution is 2.32. The Morgan fingerprint density at radius 1 is 1.19 bits per heavy atom. The second kappa shape index (κ2) is 10.7. The number of nitrogens with two attached hydrogens (primary N) is 1. The molecule has 1 aromatic carbocycles. The Labute approximate surface area is 172 Å². The lowest BCUT2D eigenvalue weighted by atomic mass is 9.94. The van der Waals surface area contributed by atoms with Crippen LogP contribution in [0.4, 0.5) is 4.39 Å².